The van der Waals surface area contributed by atoms with Crippen molar-refractivity contribution in [1.29, 1.82) is 0 Å². The predicted octanol–water partition coefficient (Wildman–Crippen LogP) is 5.78. The van der Waals surface area contributed by atoms with Gasteiger partial charge < -0.3 is 10.1 Å². The summed E-state index contributed by atoms with van der Waals surface area (Å²) in [6.45, 7) is 3.47. The number of rotatable bonds is 4. The third-order valence-electron chi connectivity index (χ3n) is 4.74. The minimum atomic E-state index is -4.35. The molecule has 1 N–H and O–H groups in total. The zero-order valence-electron chi connectivity index (χ0n) is 14.0. The Morgan fingerprint density at radius 1 is 1.04 bits per heavy atom. The standard InChI is InChI=1S/C19H18Cl2F3NO/c1-11(26-14-5-3-13(4-6-14)19(22,23)24)15-9-25-10-16(15)12-2-7-17(20)18(21)8-12/h2-8,11,15-16,25H,9-10H2,1H3/t11?,15?,16-/m1/s1. The zero-order valence-corrected chi connectivity index (χ0v) is 15.5. The van der Waals surface area contributed by atoms with Crippen LogP contribution in [-0.4, -0.2) is 19.2 Å². The number of halogens is 5. The van der Waals surface area contributed by atoms with Crippen LogP contribution in [0.4, 0.5) is 13.2 Å². The Hall–Kier alpha value is -1.43. The van der Waals surface area contributed by atoms with E-state index >= 15 is 0 Å². The van der Waals surface area contributed by atoms with E-state index in [-0.39, 0.29) is 17.9 Å². The Morgan fingerprint density at radius 3 is 2.35 bits per heavy atom. The molecule has 0 bridgehead atoms. The van der Waals surface area contributed by atoms with Crippen LogP contribution in [0.5, 0.6) is 5.75 Å². The first-order valence-corrected chi connectivity index (χ1v) is 9.01. The lowest BCUT2D eigenvalue weighted by Crippen LogP contribution is -2.29. The zero-order chi connectivity index (χ0) is 18.9. The van der Waals surface area contributed by atoms with Gasteiger partial charge in [0, 0.05) is 24.9 Å². The maximum Gasteiger partial charge on any atom is 0.416 e. The van der Waals surface area contributed by atoms with Gasteiger partial charge in [0.1, 0.15) is 11.9 Å². The molecule has 1 fully saturated rings. The molecule has 1 aliphatic heterocycles. The SMILES string of the molecule is CC(Oc1ccc(C(F)(F)F)cc1)C1CNC[C@@H]1c1ccc(Cl)c(Cl)c1. The third kappa shape index (κ3) is 4.27. The fraction of sp³-hybridized carbons (Fsp3) is 0.368. The van der Waals surface area contributed by atoms with E-state index in [0.717, 1.165) is 30.8 Å². The summed E-state index contributed by atoms with van der Waals surface area (Å²) in [6, 6.07) is 10.4. The van der Waals surface area contributed by atoms with Crippen LogP contribution in [0.25, 0.3) is 0 Å². The monoisotopic (exact) mass is 403 g/mol. The van der Waals surface area contributed by atoms with Gasteiger partial charge in [-0.3, -0.25) is 0 Å². The number of nitrogens with one attached hydrogen (secondary N) is 1. The molecule has 3 atom stereocenters. The summed E-state index contributed by atoms with van der Waals surface area (Å²) in [5.74, 6) is 0.772. The summed E-state index contributed by atoms with van der Waals surface area (Å²) >= 11 is 12.1. The molecular weight excluding hydrogens is 386 g/mol. The van der Waals surface area contributed by atoms with Crippen molar-refractivity contribution in [2.24, 2.45) is 5.92 Å². The van der Waals surface area contributed by atoms with E-state index in [1.165, 1.54) is 12.1 Å². The van der Waals surface area contributed by atoms with Crippen LogP contribution >= 0.6 is 23.2 Å². The van der Waals surface area contributed by atoms with Gasteiger partial charge in [-0.25, -0.2) is 0 Å². The number of benzene rings is 2. The summed E-state index contributed by atoms with van der Waals surface area (Å²) < 4.78 is 43.9. The molecule has 2 aromatic rings. The van der Waals surface area contributed by atoms with Gasteiger partial charge in [-0.1, -0.05) is 29.3 Å². The highest BCUT2D eigenvalue weighted by molar-refractivity contribution is 6.42. The van der Waals surface area contributed by atoms with Crippen LogP contribution in [-0.2, 0) is 6.18 Å². The van der Waals surface area contributed by atoms with E-state index in [1.54, 1.807) is 6.07 Å². The van der Waals surface area contributed by atoms with Crippen molar-refractivity contribution < 1.29 is 17.9 Å². The molecule has 26 heavy (non-hydrogen) atoms. The van der Waals surface area contributed by atoms with Gasteiger partial charge in [-0.2, -0.15) is 13.2 Å². The molecule has 0 saturated carbocycles. The van der Waals surface area contributed by atoms with Crippen LogP contribution in [0.1, 0.15) is 24.0 Å². The molecule has 140 valence electrons. The van der Waals surface area contributed by atoms with Gasteiger partial charge in [0.15, 0.2) is 0 Å². The molecule has 1 saturated heterocycles. The van der Waals surface area contributed by atoms with Crippen molar-refractivity contribution in [3.63, 3.8) is 0 Å². The normalized spacial score (nSPS) is 21.6. The first-order valence-electron chi connectivity index (χ1n) is 8.25. The van der Waals surface area contributed by atoms with Crippen LogP contribution in [0, 0.1) is 5.92 Å². The minimum Gasteiger partial charge on any atom is -0.490 e. The second-order valence-corrected chi connectivity index (χ2v) is 7.26. The van der Waals surface area contributed by atoms with Gasteiger partial charge in [-0.15, -0.1) is 0 Å². The molecule has 1 heterocycles. The van der Waals surface area contributed by atoms with Crippen molar-refractivity contribution in [3.05, 3.63) is 63.6 Å². The molecule has 0 spiro atoms. The average Bonchev–Trinajstić information content (AvgIpc) is 3.07. The molecule has 2 aromatic carbocycles. The lowest BCUT2D eigenvalue weighted by Gasteiger charge is -2.26. The Balaban J connectivity index is 1.72. The van der Waals surface area contributed by atoms with Crippen molar-refractivity contribution in [3.8, 4) is 5.75 Å². The van der Waals surface area contributed by atoms with Gasteiger partial charge in [0.25, 0.3) is 0 Å². The second-order valence-electron chi connectivity index (χ2n) is 6.45. The fourth-order valence-electron chi connectivity index (χ4n) is 3.32. The second kappa shape index (κ2) is 7.67. The maximum absolute atomic E-state index is 12.7. The molecule has 2 nitrogen and oxygen atoms in total. The van der Waals surface area contributed by atoms with Crippen molar-refractivity contribution >= 4 is 23.2 Å². The lowest BCUT2D eigenvalue weighted by atomic mass is 9.85. The van der Waals surface area contributed by atoms with Crippen molar-refractivity contribution in [2.75, 3.05) is 13.1 Å². The molecule has 7 heteroatoms. The van der Waals surface area contributed by atoms with E-state index < -0.39 is 11.7 Å². The average molecular weight is 404 g/mol. The fourth-order valence-corrected chi connectivity index (χ4v) is 3.63. The summed E-state index contributed by atoms with van der Waals surface area (Å²) in [4.78, 5) is 0. The van der Waals surface area contributed by atoms with Crippen LogP contribution < -0.4 is 10.1 Å². The smallest absolute Gasteiger partial charge is 0.416 e. The van der Waals surface area contributed by atoms with Gasteiger partial charge in [-0.05, 0) is 48.9 Å². The summed E-state index contributed by atoms with van der Waals surface area (Å²) in [5, 5.41) is 4.36. The van der Waals surface area contributed by atoms with Crippen LogP contribution in [0.3, 0.4) is 0 Å². The van der Waals surface area contributed by atoms with Crippen LogP contribution in [0.2, 0.25) is 10.0 Å². The largest absolute Gasteiger partial charge is 0.490 e. The van der Waals surface area contributed by atoms with E-state index in [4.69, 9.17) is 27.9 Å². The molecule has 0 amide bonds. The van der Waals surface area contributed by atoms with Gasteiger partial charge in [0.2, 0.25) is 0 Å². The molecule has 2 unspecified atom stereocenters. The Bertz CT molecular complexity index is 764. The van der Waals surface area contributed by atoms with E-state index in [9.17, 15) is 13.2 Å². The highest BCUT2D eigenvalue weighted by Gasteiger charge is 2.34. The molecule has 0 radical (unpaired) electrons. The van der Waals surface area contributed by atoms with E-state index in [0.29, 0.717) is 15.8 Å². The minimum absolute atomic E-state index is 0.162. The molecule has 3 rings (SSSR count). The number of alkyl halides is 3. The third-order valence-corrected chi connectivity index (χ3v) is 5.48. The van der Waals surface area contributed by atoms with Crippen molar-refractivity contribution in [1.82, 2.24) is 5.32 Å². The number of ether oxygens (including phenoxy) is 1. The Labute approximate surface area is 160 Å². The highest BCUT2D eigenvalue weighted by Crippen LogP contribution is 2.36. The Kier molecular flexibility index (Phi) is 5.70. The number of hydrogen-bond acceptors (Lipinski definition) is 2. The van der Waals surface area contributed by atoms with E-state index in [1.807, 2.05) is 19.1 Å². The first-order chi connectivity index (χ1) is 12.3. The molecule has 1 aliphatic rings. The van der Waals surface area contributed by atoms with Crippen LogP contribution in [0.15, 0.2) is 42.5 Å². The van der Waals surface area contributed by atoms with Gasteiger partial charge >= 0.3 is 6.18 Å². The first kappa shape index (κ1) is 19.3. The quantitative estimate of drug-likeness (QED) is 0.697. The van der Waals surface area contributed by atoms with Crippen molar-refractivity contribution in [2.45, 2.75) is 25.1 Å². The predicted molar refractivity (Wildman–Crippen MR) is 97.1 cm³/mol. The Morgan fingerprint density at radius 2 is 1.73 bits per heavy atom. The topological polar surface area (TPSA) is 21.3 Å². The summed E-state index contributed by atoms with van der Waals surface area (Å²) in [7, 11) is 0. The molecule has 0 aliphatic carbocycles. The summed E-state index contributed by atoms with van der Waals surface area (Å²) in [6.07, 6.45) is -4.53. The lowest BCUT2D eigenvalue weighted by molar-refractivity contribution is -0.137. The number of hydrogen-bond donors (Lipinski definition) is 1. The van der Waals surface area contributed by atoms with Gasteiger partial charge in [0.05, 0.1) is 15.6 Å². The highest BCUT2D eigenvalue weighted by atomic mass is 35.5. The molecule has 0 aromatic heterocycles. The molecular formula is C19H18Cl2F3NO. The maximum atomic E-state index is 12.7. The van der Waals surface area contributed by atoms with E-state index in [2.05, 4.69) is 5.32 Å². The summed E-state index contributed by atoms with van der Waals surface area (Å²) in [5.41, 5.74) is 0.381.